The van der Waals surface area contributed by atoms with Gasteiger partial charge in [-0.15, -0.1) is 0 Å². The van der Waals surface area contributed by atoms with E-state index in [1.807, 2.05) is 0 Å². The third-order valence-corrected chi connectivity index (χ3v) is 6.03. The first kappa shape index (κ1) is 16.5. The molecule has 1 aromatic carbocycles. The van der Waals surface area contributed by atoms with Gasteiger partial charge in [0.25, 0.3) is 0 Å². The maximum absolute atomic E-state index is 12.6. The molecule has 1 aromatic rings. The number of nitrogen functional groups attached to an aromatic ring is 1. The third-order valence-electron chi connectivity index (χ3n) is 3.84. The minimum absolute atomic E-state index is 0.134. The van der Waals surface area contributed by atoms with Crippen LogP contribution >= 0.6 is 11.6 Å². The van der Waals surface area contributed by atoms with Crippen molar-refractivity contribution in [3.63, 3.8) is 0 Å². The van der Waals surface area contributed by atoms with Gasteiger partial charge in [-0.25, -0.2) is 12.7 Å². The van der Waals surface area contributed by atoms with Crippen LogP contribution in [0.1, 0.15) is 18.4 Å². The van der Waals surface area contributed by atoms with Gasteiger partial charge in [-0.1, -0.05) is 11.6 Å². The fraction of sp³-hybridized carbons (Fsp3) is 0.571. The Morgan fingerprint density at radius 1 is 1.48 bits per heavy atom. The summed E-state index contributed by atoms with van der Waals surface area (Å²) in [6, 6.07) is 2.92. The van der Waals surface area contributed by atoms with Crippen LogP contribution in [0, 0.1) is 12.8 Å². The predicted octanol–water partition coefficient (Wildman–Crippen LogP) is 2.28. The quantitative estimate of drug-likeness (QED) is 0.858. The molecule has 0 amide bonds. The maximum Gasteiger partial charge on any atom is 0.242 e. The van der Waals surface area contributed by atoms with E-state index in [1.165, 1.54) is 16.4 Å². The van der Waals surface area contributed by atoms with Crippen molar-refractivity contribution in [2.75, 3.05) is 32.5 Å². The van der Waals surface area contributed by atoms with Gasteiger partial charge in [0, 0.05) is 30.9 Å². The number of nitrogens with two attached hydrogens (primary N) is 1. The Bertz CT molecular complexity index is 590. The summed E-state index contributed by atoms with van der Waals surface area (Å²) in [5.74, 6) is 0.233. The van der Waals surface area contributed by atoms with Crippen molar-refractivity contribution in [3.05, 3.63) is 22.7 Å². The highest BCUT2D eigenvalue weighted by molar-refractivity contribution is 7.89. The number of nitrogens with zero attached hydrogens (tertiary/aromatic N) is 1. The molecule has 5 nitrogen and oxygen atoms in total. The van der Waals surface area contributed by atoms with Crippen LogP contribution in [0.5, 0.6) is 0 Å². The van der Waals surface area contributed by atoms with Crippen LogP contribution in [-0.2, 0) is 14.8 Å². The van der Waals surface area contributed by atoms with Crippen molar-refractivity contribution in [2.45, 2.75) is 24.7 Å². The molecule has 118 valence electrons. The Balaban J connectivity index is 2.20. The Hall–Kier alpha value is -0.820. The first-order valence-corrected chi connectivity index (χ1v) is 8.74. The summed E-state index contributed by atoms with van der Waals surface area (Å²) in [7, 11) is -2.01. The van der Waals surface area contributed by atoms with Gasteiger partial charge < -0.3 is 10.5 Å². The molecule has 0 aliphatic carbocycles. The molecule has 0 saturated carbocycles. The molecule has 0 spiro atoms. The van der Waals surface area contributed by atoms with Gasteiger partial charge in [-0.05, 0) is 43.4 Å². The van der Waals surface area contributed by atoms with Crippen LogP contribution in [0.4, 0.5) is 5.69 Å². The number of halogens is 1. The number of hydrogen-bond acceptors (Lipinski definition) is 4. The van der Waals surface area contributed by atoms with E-state index in [-0.39, 0.29) is 10.8 Å². The first-order chi connectivity index (χ1) is 9.82. The van der Waals surface area contributed by atoms with Gasteiger partial charge in [0.05, 0.1) is 11.5 Å². The van der Waals surface area contributed by atoms with Crippen LogP contribution in [0.3, 0.4) is 0 Å². The summed E-state index contributed by atoms with van der Waals surface area (Å²) in [4.78, 5) is 0.134. The molecule has 1 atom stereocenters. The number of hydrogen-bond donors (Lipinski definition) is 1. The molecule has 1 aliphatic heterocycles. The molecule has 21 heavy (non-hydrogen) atoms. The molecule has 0 aromatic heterocycles. The minimum Gasteiger partial charge on any atom is -0.398 e. The second-order valence-corrected chi connectivity index (χ2v) is 7.94. The second-order valence-electron chi connectivity index (χ2n) is 5.49. The Labute approximate surface area is 131 Å². The van der Waals surface area contributed by atoms with Crippen LogP contribution in [0.15, 0.2) is 17.0 Å². The standard InChI is InChI=1S/C14H21ClN2O3S/c1-10-13(15)6-12(7-14(10)16)21(18,19)17(2)8-11-4-3-5-20-9-11/h6-7,11H,3-5,8-9,16H2,1-2H3. The number of anilines is 1. The van der Waals surface area contributed by atoms with E-state index in [2.05, 4.69) is 0 Å². The van der Waals surface area contributed by atoms with Crippen molar-refractivity contribution >= 4 is 27.3 Å². The molecule has 1 aliphatic rings. The summed E-state index contributed by atoms with van der Waals surface area (Å²) in [5.41, 5.74) is 6.89. The molecular formula is C14H21ClN2O3S. The Morgan fingerprint density at radius 2 is 2.19 bits per heavy atom. The van der Waals surface area contributed by atoms with E-state index in [9.17, 15) is 8.42 Å². The lowest BCUT2D eigenvalue weighted by atomic mass is 10.0. The zero-order valence-electron chi connectivity index (χ0n) is 12.3. The van der Waals surface area contributed by atoms with Crippen LogP contribution in [0.2, 0.25) is 5.02 Å². The van der Waals surface area contributed by atoms with Gasteiger partial charge in [-0.3, -0.25) is 0 Å². The fourth-order valence-electron chi connectivity index (χ4n) is 2.42. The summed E-state index contributed by atoms with van der Waals surface area (Å²) in [6.45, 7) is 3.57. The van der Waals surface area contributed by atoms with Crippen molar-refractivity contribution < 1.29 is 13.2 Å². The molecule has 1 heterocycles. The second kappa shape index (κ2) is 6.52. The normalized spacial score (nSPS) is 19.9. The highest BCUT2D eigenvalue weighted by atomic mass is 35.5. The lowest BCUT2D eigenvalue weighted by Crippen LogP contribution is -2.35. The van der Waals surface area contributed by atoms with Crippen molar-refractivity contribution in [1.29, 1.82) is 0 Å². The summed E-state index contributed by atoms with van der Waals surface area (Å²) >= 11 is 6.04. The topological polar surface area (TPSA) is 72.6 Å². The fourth-order valence-corrected chi connectivity index (χ4v) is 4.02. The average molecular weight is 333 g/mol. The van der Waals surface area contributed by atoms with Gasteiger partial charge >= 0.3 is 0 Å². The zero-order chi connectivity index (χ0) is 15.6. The molecule has 1 unspecified atom stereocenters. The monoisotopic (exact) mass is 332 g/mol. The van der Waals surface area contributed by atoms with Crippen molar-refractivity contribution in [2.24, 2.45) is 5.92 Å². The van der Waals surface area contributed by atoms with E-state index >= 15 is 0 Å². The Morgan fingerprint density at radius 3 is 2.76 bits per heavy atom. The predicted molar refractivity (Wildman–Crippen MR) is 84.0 cm³/mol. The molecular weight excluding hydrogens is 312 g/mol. The van der Waals surface area contributed by atoms with Gasteiger partial charge in [0.1, 0.15) is 0 Å². The first-order valence-electron chi connectivity index (χ1n) is 6.92. The molecule has 0 bridgehead atoms. The lowest BCUT2D eigenvalue weighted by molar-refractivity contribution is 0.0495. The van der Waals surface area contributed by atoms with E-state index < -0.39 is 10.0 Å². The average Bonchev–Trinajstić information content (AvgIpc) is 2.45. The van der Waals surface area contributed by atoms with Gasteiger partial charge in [0.2, 0.25) is 10.0 Å². The molecule has 0 radical (unpaired) electrons. The van der Waals surface area contributed by atoms with Crippen LogP contribution < -0.4 is 5.73 Å². The van der Waals surface area contributed by atoms with Gasteiger partial charge in [-0.2, -0.15) is 0 Å². The Kier molecular flexibility index (Phi) is 5.14. The molecule has 2 rings (SSSR count). The maximum atomic E-state index is 12.6. The van der Waals surface area contributed by atoms with E-state index in [0.717, 1.165) is 19.4 Å². The highest BCUT2D eigenvalue weighted by Gasteiger charge is 2.26. The largest absolute Gasteiger partial charge is 0.398 e. The highest BCUT2D eigenvalue weighted by Crippen LogP contribution is 2.28. The lowest BCUT2D eigenvalue weighted by Gasteiger charge is -2.27. The van der Waals surface area contributed by atoms with Crippen molar-refractivity contribution in [1.82, 2.24) is 4.31 Å². The van der Waals surface area contributed by atoms with Gasteiger partial charge in [0.15, 0.2) is 0 Å². The number of benzene rings is 1. The number of sulfonamides is 1. The van der Waals surface area contributed by atoms with E-state index in [1.54, 1.807) is 14.0 Å². The summed E-state index contributed by atoms with van der Waals surface area (Å²) < 4.78 is 31.9. The summed E-state index contributed by atoms with van der Waals surface area (Å²) in [6.07, 6.45) is 1.96. The number of rotatable bonds is 4. The number of ether oxygens (including phenoxy) is 1. The van der Waals surface area contributed by atoms with Crippen LogP contribution in [0.25, 0.3) is 0 Å². The van der Waals surface area contributed by atoms with Crippen LogP contribution in [-0.4, -0.2) is 39.5 Å². The van der Waals surface area contributed by atoms with Crippen molar-refractivity contribution in [3.8, 4) is 0 Å². The minimum atomic E-state index is -3.59. The summed E-state index contributed by atoms with van der Waals surface area (Å²) in [5, 5.41) is 0.364. The van der Waals surface area contributed by atoms with E-state index in [0.29, 0.717) is 29.4 Å². The molecule has 1 fully saturated rings. The van der Waals surface area contributed by atoms with E-state index in [4.69, 9.17) is 22.1 Å². The SMILES string of the molecule is Cc1c(N)cc(S(=O)(=O)N(C)CC2CCCOC2)cc1Cl. The third kappa shape index (κ3) is 3.69. The zero-order valence-corrected chi connectivity index (χ0v) is 13.9. The molecule has 1 saturated heterocycles. The molecule has 7 heteroatoms. The molecule has 2 N–H and O–H groups in total. The smallest absolute Gasteiger partial charge is 0.242 e.